The fourth-order valence-corrected chi connectivity index (χ4v) is 1.70. The van der Waals surface area contributed by atoms with E-state index >= 15 is 0 Å². The van der Waals surface area contributed by atoms with Crippen molar-refractivity contribution in [2.24, 2.45) is 5.73 Å². The maximum absolute atomic E-state index is 12.8. The highest BCUT2D eigenvalue weighted by Crippen LogP contribution is 2.33. The third kappa shape index (κ3) is 2.39. The molecule has 0 fully saturated rings. The Morgan fingerprint density at radius 1 is 1.12 bits per heavy atom. The van der Waals surface area contributed by atoms with E-state index in [2.05, 4.69) is 4.98 Å². The average molecular weight is 240 g/mol. The predicted molar refractivity (Wildman–Crippen MR) is 59.5 cm³/mol. The zero-order chi connectivity index (χ0) is 12.5. The molecule has 0 unspecified atom stereocenters. The molecule has 0 aliphatic rings. The molecule has 90 valence electrons. The Morgan fingerprint density at radius 3 is 2.53 bits per heavy atom. The van der Waals surface area contributed by atoms with Crippen LogP contribution in [-0.2, 0) is 12.6 Å². The highest BCUT2D eigenvalue weighted by Gasteiger charge is 2.33. The Hall–Kier alpha value is -1.62. The van der Waals surface area contributed by atoms with E-state index < -0.39 is 11.7 Å². The predicted octanol–water partition coefficient (Wildman–Crippen LogP) is 2.75. The molecule has 17 heavy (non-hydrogen) atoms. The van der Waals surface area contributed by atoms with Crippen molar-refractivity contribution < 1.29 is 13.2 Å². The van der Waals surface area contributed by atoms with Gasteiger partial charge >= 0.3 is 6.18 Å². The molecular formula is C12H11F3N2. The monoisotopic (exact) mass is 240 g/mol. The molecule has 2 N–H and O–H groups in total. The summed E-state index contributed by atoms with van der Waals surface area (Å²) in [6.07, 6.45) is -3.91. The van der Waals surface area contributed by atoms with Gasteiger partial charge in [-0.25, -0.2) is 0 Å². The lowest BCUT2D eigenvalue weighted by molar-refractivity contribution is -0.136. The number of pyridine rings is 1. The molecule has 0 bridgehead atoms. The van der Waals surface area contributed by atoms with Crippen molar-refractivity contribution in [1.29, 1.82) is 0 Å². The van der Waals surface area contributed by atoms with E-state index in [1.807, 2.05) is 0 Å². The fraction of sp³-hybridized carbons (Fsp3) is 0.250. The summed E-state index contributed by atoms with van der Waals surface area (Å²) in [6, 6.07) is 7.39. The van der Waals surface area contributed by atoms with Crippen LogP contribution in [0.2, 0.25) is 0 Å². The van der Waals surface area contributed by atoms with E-state index in [1.54, 1.807) is 18.2 Å². The van der Waals surface area contributed by atoms with E-state index in [9.17, 15) is 13.2 Å². The second kappa shape index (κ2) is 4.33. The summed E-state index contributed by atoms with van der Waals surface area (Å²) in [5.41, 5.74) is 5.24. The van der Waals surface area contributed by atoms with Crippen LogP contribution in [0.15, 0.2) is 30.3 Å². The molecule has 0 atom stereocenters. The molecule has 0 saturated heterocycles. The quantitative estimate of drug-likeness (QED) is 0.876. The number of nitrogens with two attached hydrogens (primary N) is 1. The number of hydrogen-bond acceptors (Lipinski definition) is 2. The Labute approximate surface area is 96.3 Å². The largest absolute Gasteiger partial charge is 0.418 e. The summed E-state index contributed by atoms with van der Waals surface area (Å²) in [7, 11) is 0. The number of hydrogen-bond donors (Lipinski definition) is 1. The van der Waals surface area contributed by atoms with Crippen molar-refractivity contribution in [2.75, 3.05) is 6.54 Å². The molecule has 0 aliphatic carbocycles. The number of alkyl halides is 3. The van der Waals surface area contributed by atoms with Crippen molar-refractivity contribution in [3.8, 4) is 0 Å². The summed E-state index contributed by atoms with van der Waals surface area (Å²) < 4.78 is 38.3. The minimum atomic E-state index is -4.38. The van der Waals surface area contributed by atoms with Crippen LogP contribution in [0.4, 0.5) is 13.2 Å². The van der Waals surface area contributed by atoms with Gasteiger partial charge in [-0.2, -0.15) is 13.2 Å². The van der Waals surface area contributed by atoms with Crippen LogP contribution < -0.4 is 5.73 Å². The standard InChI is InChI=1S/C12H11F3N2/c13-12(14,15)10-3-1-2-8-4-5-9(6-7-16)17-11(8)10/h1-5H,6-7,16H2. The smallest absolute Gasteiger partial charge is 0.330 e. The van der Waals surface area contributed by atoms with Gasteiger partial charge < -0.3 is 5.73 Å². The van der Waals surface area contributed by atoms with Gasteiger partial charge in [-0.15, -0.1) is 0 Å². The molecular weight excluding hydrogens is 229 g/mol. The second-order valence-corrected chi connectivity index (χ2v) is 3.72. The molecule has 2 nitrogen and oxygen atoms in total. The second-order valence-electron chi connectivity index (χ2n) is 3.72. The van der Waals surface area contributed by atoms with E-state index in [1.165, 1.54) is 6.07 Å². The van der Waals surface area contributed by atoms with Crippen LogP contribution in [0.3, 0.4) is 0 Å². The molecule has 1 aromatic carbocycles. The van der Waals surface area contributed by atoms with Gasteiger partial charge in [0.1, 0.15) is 0 Å². The van der Waals surface area contributed by atoms with Crippen molar-refractivity contribution >= 4 is 10.9 Å². The van der Waals surface area contributed by atoms with Crippen LogP contribution in [0.1, 0.15) is 11.3 Å². The lowest BCUT2D eigenvalue weighted by Gasteiger charge is -2.10. The third-order valence-corrected chi connectivity index (χ3v) is 2.48. The number of aromatic nitrogens is 1. The van der Waals surface area contributed by atoms with Crippen LogP contribution >= 0.6 is 0 Å². The molecule has 0 radical (unpaired) electrons. The van der Waals surface area contributed by atoms with Gasteiger partial charge in [0, 0.05) is 17.5 Å². The summed E-state index contributed by atoms with van der Waals surface area (Å²) in [4.78, 5) is 4.03. The molecule has 0 aliphatic heterocycles. The number of fused-ring (bicyclic) bond motifs is 1. The molecule has 0 saturated carbocycles. The fourth-order valence-electron chi connectivity index (χ4n) is 1.70. The van der Waals surface area contributed by atoms with Gasteiger partial charge in [0.25, 0.3) is 0 Å². The van der Waals surface area contributed by atoms with Crippen LogP contribution in [0.25, 0.3) is 10.9 Å². The van der Waals surface area contributed by atoms with E-state index in [4.69, 9.17) is 5.73 Å². The maximum atomic E-state index is 12.8. The zero-order valence-corrected chi connectivity index (χ0v) is 8.96. The molecule has 0 amide bonds. The topological polar surface area (TPSA) is 38.9 Å². The molecule has 5 heteroatoms. The molecule has 1 aromatic heterocycles. The first kappa shape index (κ1) is 11.9. The molecule has 0 spiro atoms. The summed E-state index contributed by atoms with van der Waals surface area (Å²) >= 11 is 0. The van der Waals surface area contributed by atoms with Crippen molar-refractivity contribution in [3.63, 3.8) is 0 Å². The van der Waals surface area contributed by atoms with Gasteiger partial charge in [-0.1, -0.05) is 18.2 Å². The van der Waals surface area contributed by atoms with E-state index in [-0.39, 0.29) is 5.52 Å². The number of para-hydroxylation sites is 1. The van der Waals surface area contributed by atoms with Crippen LogP contribution in [0, 0.1) is 0 Å². The van der Waals surface area contributed by atoms with Crippen molar-refractivity contribution in [2.45, 2.75) is 12.6 Å². The third-order valence-electron chi connectivity index (χ3n) is 2.48. The number of halogens is 3. The Bertz CT molecular complexity index is 535. The average Bonchev–Trinajstić information content (AvgIpc) is 2.27. The van der Waals surface area contributed by atoms with Gasteiger partial charge in [0.2, 0.25) is 0 Å². The number of benzene rings is 1. The van der Waals surface area contributed by atoms with Gasteiger partial charge in [0.15, 0.2) is 0 Å². The summed E-state index contributed by atoms with van der Waals surface area (Å²) in [5, 5.41) is 0.487. The maximum Gasteiger partial charge on any atom is 0.418 e. The van der Waals surface area contributed by atoms with E-state index in [0.717, 1.165) is 6.07 Å². The minimum Gasteiger partial charge on any atom is -0.330 e. The Morgan fingerprint density at radius 2 is 1.88 bits per heavy atom. The first-order valence-electron chi connectivity index (χ1n) is 5.18. The van der Waals surface area contributed by atoms with Crippen LogP contribution in [0.5, 0.6) is 0 Å². The molecule has 2 rings (SSSR count). The van der Waals surface area contributed by atoms with Gasteiger partial charge in [0.05, 0.1) is 11.1 Å². The summed E-state index contributed by atoms with van der Waals surface area (Å²) in [5.74, 6) is 0. The lowest BCUT2D eigenvalue weighted by atomic mass is 10.1. The summed E-state index contributed by atoms with van der Waals surface area (Å²) in [6.45, 7) is 0.368. The van der Waals surface area contributed by atoms with Crippen molar-refractivity contribution in [3.05, 3.63) is 41.6 Å². The first-order chi connectivity index (χ1) is 8.02. The van der Waals surface area contributed by atoms with Crippen LogP contribution in [-0.4, -0.2) is 11.5 Å². The van der Waals surface area contributed by atoms with Crippen molar-refractivity contribution in [1.82, 2.24) is 4.98 Å². The number of nitrogens with zero attached hydrogens (tertiary/aromatic N) is 1. The van der Waals surface area contributed by atoms with E-state index in [0.29, 0.717) is 24.0 Å². The van der Waals surface area contributed by atoms with Gasteiger partial charge in [-0.05, 0) is 18.7 Å². The lowest BCUT2D eigenvalue weighted by Crippen LogP contribution is -2.08. The Balaban J connectivity index is 2.64. The highest BCUT2D eigenvalue weighted by atomic mass is 19.4. The Kier molecular flexibility index (Phi) is 3.02. The molecule has 1 heterocycles. The molecule has 2 aromatic rings. The minimum absolute atomic E-state index is 0.00838. The SMILES string of the molecule is NCCc1ccc2cccc(C(F)(F)F)c2n1. The zero-order valence-electron chi connectivity index (χ0n) is 8.96. The normalized spacial score (nSPS) is 12.0. The first-order valence-corrected chi connectivity index (χ1v) is 5.18. The van der Waals surface area contributed by atoms with Gasteiger partial charge in [-0.3, -0.25) is 4.98 Å². The highest BCUT2D eigenvalue weighted by molar-refractivity contribution is 5.82. The number of rotatable bonds is 2.